The number of rotatable bonds is 7. The first-order valence-electron chi connectivity index (χ1n) is 6.19. The Morgan fingerprint density at radius 1 is 1.32 bits per heavy atom. The van der Waals surface area contributed by atoms with Crippen LogP contribution in [0.15, 0.2) is 29.6 Å². The average molecular weight is 296 g/mol. The van der Waals surface area contributed by atoms with Crippen LogP contribution < -0.4 is 5.32 Å². The molecule has 0 amide bonds. The van der Waals surface area contributed by atoms with Gasteiger partial charge < -0.3 is 5.32 Å². The first kappa shape index (κ1) is 14.5. The van der Waals surface area contributed by atoms with Crippen LogP contribution in [0.5, 0.6) is 0 Å². The summed E-state index contributed by atoms with van der Waals surface area (Å²) in [6.07, 6.45) is 3.30. The molecule has 0 radical (unpaired) electrons. The number of thioether (sulfide) groups is 1. The summed E-state index contributed by atoms with van der Waals surface area (Å²) >= 11 is 3.47. The zero-order valence-corrected chi connectivity index (χ0v) is 12.5. The van der Waals surface area contributed by atoms with Crippen molar-refractivity contribution in [2.75, 3.05) is 18.6 Å². The highest BCUT2D eigenvalue weighted by atomic mass is 32.2. The number of benzene rings is 1. The second kappa shape index (κ2) is 7.62. The molecule has 0 unspecified atom stereocenters. The molecule has 1 heterocycles. The molecule has 102 valence electrons. The fraction of sp³-hybridized carbons (Fsp3) is 0.357. The first-order chi connectivity index (χ1) is 9.29. The lowest BCUT2D eigenvalue weighted by atomic mass is 10.2. The first-order valence-corrected chi connectivity index (χ1v) is 8.47. The molecule has 1 aromatic carbocycles. The van der Waals surface area contributed by atoms with Gasteiger partial charge in [-0.1, -0.05) is 0 Å². The molecule has 0 bridgehead atoms. The molecule has 19 heavy (non-hydrogen) atoms. The van der Waals surface area contributed by atoms with Crippen LogP contribution in [0.1, 0.15) is 12.1 Å². The maximum atomic E-state index is 12.8. The Labute approximate surface area is 121 Å². The van der Waals surface area contributed by atoms with Crippen molar-refractivity contribution in [3.8, 4) is 10.6 Å². The Morgan fingerprint density at radius 2 is 2.11 bits per heavy atom. The zero-order chi connectivity index (χ0) is 13.5. The number of aromatic nitrogens is 1. The van der Waals surface area contributed by atoms with Gasteiger partial charge in [-0.05, 0) is 49.2 Å². The molecule has 0 aliphatic heterocycles. The topological polar surface area (TPSA) is 24.9 Å². The maximum Gasteiger partial charge on any atom is 0.123 e. The molecule has 2 nitrogen and oxygen atoms in total. The van der Waals surface area contributed by atoms with E-state index in [-0.39, 0.29) is 5.82 Å². The standard InChI is InChI=1S/C14H17FN2S2/c1-18-8-2-7-16-9-13-10-19-14(17-13)11-3-5-12(15)6-4-11/h3-6,10,16H,2,7-9H2,1H3. The molecule has 0 aliphatic rings. The van der Waals surface area contributed by atoms with Gasteiger partial charge in [-0.15, -0.1) is 11.3 Å². The van der Waals surface area contributed by atoms with E-state index in [0.29, 0.717) is 0 Å². The van der Waals surface area contributed by atoms with Crippen LogP contribution in [0.4, 0.5) is 4.39 Å². The number of hydrogen-bond donors (Lipinski definition) is 1. The minimum absolute atomic E-state index is 0.212. The molecule has 0 atom stereocenters. The van der Waals surface area contributed by atoms with Gasteiger partial charge in [-0.3, -0.25) is 0 Å². The summed E-state index contributed by atoms with van der Waals surface area (Å²) in [5.41, 5.74) is 2.02. The number of nitrogens with zero attached hydrogens (tertiary/aromatic N) is 1. The van der Waals surface area contributed by atoms with Crippen molar-refractivity contribution in [1.29, 1.82) is 0 Å². The molecular formula is C14H17FN2S2. The molecule has 2 rings (SSSR count). The van der Waals surface area contributed by atoms with Gasteiger partial charge in [-0.2, -0.15) is 11.8 Å². The van der Waals surface area contributed by atoms with Gasteiger partial charge >= 0.3 is 0 Å². The zero-order valence-electron chi connectivity index (χ0n) is 10.9. The molecular weight excluding hydrogens is 279 g/mol. The summed E-state index contributed by atoms with van der Waals surface area (Å²) in [7, 11) is 0. The second-order valence-electron chi connectivity index (χ2n) is 4.17. The van der Waals surface area contributed by atoms with Crippen molar-refractivity contribution in [3.05, 3.63) is 41.2 Å². The van der Waals surface area contributed by atoms with Crippen LogP contribution in [0.25, 0.3) is 10.6 Å². The molecule has 1 aromatic heterocycles. The predicted molar refractivity (Wildman–Crippen MR) is 82.2 cm³/mol. The van der Waals surface area contributed by atoms with E-state index >= 15 is 0 Å². The van der Waals surface area contributed by atoms with Gasteiger partial charge in [0.2, 0.25) is 0 Å². The van der Waals surface area contributed by atoms with Gasteiger partial charge in [-0.25, -0.2) is 9.37 Å². The quantitative estimate of drug-likeness (QED) is 0.787. The van der Waals surface area contributed by atoms with Gasteiger partial charge in [0.05, 0.1) is 5.69 Å². The van der Waals surface area contributed by atoms with E-state index < -0.39 is 0 Å². The lowest BCUT2D eigenvalue weighted by Gasteiger charge is -2.01. The van der Waals surface area contributed by atoms with E-state index in [2.05, 4.69) is 21.9 Å². The third-order valence-electron chi connectivity index (χ3n) is 2.65. The Kier molecular flexibility index (Phi) is 5.82. The summed E-state index contributed by atoms with van der Waals surface area (Å²) in [5.74, 6) is 0.973. The third-order valence-corrected chi connectivity index (χ3v) is 4.29. The van der Waals surface area contributed by atoms with Crippen molar-refractivity contribution in [1.82, 2.24) is 10.3 Å². The highest BCUT2D eigenvalue weighted by Gasteiger charge is 2.04. The fourth-order valence-electron chi connectivity index (χ4n) is 1.67. The molecule has 2 aromatic rings. The Morgan fingerprint density at radius 3 is 2.84 bits per heavy atom. The summed E-state index contributed by atoms with van der Waals surface area (Å²) < 4.78 is 12.8. The van der Waals surface area contributed by atoms with Gasteiger partial charge in [0.15, 0.2) is 0 Å². The largest absolute Gasteiger partial charge is 0.311 e. The summed E-state index contributed by atoms with van der Waals surface area (Å²) in [5, 5.41) is 6.38. The lowest BCUT2D eigenvalue weighted by Crippen LogP contribution is -2.15. The fourth-order valence-corrected chi connectivity index (χ4v) is 2.93. The highest BCUT2D eigenvalue weighted by Crippen LogP contribution is 2.23. The van der Waals surface area contributed by atoms with Crippen LogP contribution in [0.2, 0.25) is 0 Å². The Bertz CT molecular complexity index is 496. The third kappa shape index (κ3) is 4.60. The van der Waals surface area contributed by atoms with Crippen LogP contribution in [0.3, 0.4) is 0 Å². The second-order valence-corrected chi connectivity index (χ2v) is 6.02. The van der Waals surface area contributed by atoms with E-state index in [1.54, 1.807) is 23.5 Å². The van der Waals surface area contributed by atoms with E-state index in [4.69, 9.17) is 0 Å². The number of hydrogen-bond acceptors (Lipinski definition) is 4. The molecule has 1 N–H and O–H groups in total. The predicted octanol–water partition coefficient (Wildman–Crippen LogP) is 3.79. The molecule has 0 fully saturated rings. The van der Waals surface area contributed by atoms with Crippen molar-refractivity contribution in [2.24, 2.45) is 0 Å². The van der Waals surface area contributed by atoms with Crippen LogP contribution in [0, 0.1) is 5.82 Å². The molecule has 5 heteroatoms. The van der Waals surface area contributed by atoms with Crippen LogP contribution in [-0.4, -0.2) is 23.5 Å². The molecule has 0 saturated carbocycles. The van der Waals surface area contributed by atoms with Crippen molar-refractivity contribution < 1.29 is 4.39 Å². The average Bonchev–Trinajstić information content (AvgIpc) is 2.88. The summed E-state index contributed by atoms with van der Waals surface area (Å²) in [4.78, 5) is 4.56. The van der Waals surface area contributed by atoms with Crippen LogP contribution >= 0.6 is 23.1 Å². The summed E-state index contributed by atoms with van der Waals surface area (Å²) in [6, 6.07) is 6.47. The lowest BCUT2D eigenvalue weighted by molar-refractivity contribution is 0.628. The van der Waals surface area contributed by atoms with E-state index in [1.807, 2.05) is 11.8 Å². The summed E-state index contributed by atoms with van der Waals surface area (Å²) in [6.45, 7) is 1.82. The minimum atomic E-state index is -0.212. The minimum Gasteiger partial charge on any atom is -0.311 e. The number of thiazole rings is 1. The van der Waals surface area contributed by atoms with E-state index in [9.17, 15) is 4.39 Å². The smallest absolute Gasteiger partial charge is 0.123 e. The SMILES string of the molecule is CSCCCNCc1csc(-c2ccc(F)cc2)n1. The van der Waals surface area contributed by atoms with Gasteiger partial charge in [0, 0.05) is 17.5 Å². The highest BCUT2D eigenvalue weighted by molar-refractivity contribution is 7.98. The van der Waals surface area contributed by atoms with Gasteiger partial charge in [0.1, 0.15) is 10.8 Å². The van der Waals surface area contributed by atoms with Crippen molar-refractivity contribution in [2.45, 2.75) is 13.0 Å². The number of nitrogens with one attached hydrogen (secondary N) is 1. The molecule has 0 aliphatic carbocycles. The van der Waals surface area contributed by atoms with E-state index in [0.717, 1.165) is 29.4 Å². The van der Waals surface area contributed by atoms with Gasteiger partial charge in [0.25, 0.3) is 0 Å². The molecule has 0 saturated heterocycles. The number of halogens is 1. The molecule has 0 spiro atoms. The van der Waals surface area contributed by atoms with Crippen molar-refractivity contribution >= 4 is 23.1 Å². The van der Waals surface area contributed by atoms with Crippen molar-refractivity contribution in [3.63, 3.8) is 0 Å². The van der Waals surface area contributed by atoms with Crippen LogP contribution in [-0.2, 0) is 6.54 Å². The maximum absolute atomic E-state index is 12.8. The Balaban J connectivity index is 1.86. The van der Waals surface area contributed by atoms with E-state index in [1.165, 1.54) is 24.3 Å². The Hall–Kier alpha value is -0.910. The monoisotopic (exact) mass is 296 g/mol. The normalized spacial score (nSPS) is 10.8.